The highest BCUT2D eigenvalue weighted by atomic mass is 19.4. The van der Waals surface area contributed by atoms with Gasteiger partial charge in [-0.1, -0.05) is 0 Å². The second-order valence-electron chi connectivity index (χ2n) is 3.47. The number of alkyl halides is 3. The van der Waals surface area contributed by atoms with E-state index in [-0.39, 0.29) is 18.8 Å². The number of nitrogens with zero attached hydrogens (tertiary/aromatic N) is 1. The van der Waals surface area contributed by atoms with Crippen LogP contribution >= 0.6 is 0 Å². The smallest absolute Gasteiger partial charge is 0.395 e. The van der Waals surface area contributed by atoms with Crippen LogP contribution in [0.5, 0.6) is 0 Å². The van der Waals surface area contributed by atoms with Crippen LogP contribution in [0.25, 0.3) is 0 Å². The van der Waals surface area contributed by atoms with Crippen molar-refractivity contribution in [1.82, 2.24) is 0 Å². The SMILES string of the molecule is CCN(CCO)c1ccc(C(F)(F)F)cc1F. The van der Waals surface area contributed by atoms with E-state index in [2.05, 4.69) is 0 Å². The third-order valence-corrected chi connectivity index (χ3v) is 2.37. The largest absolute Gasteiger partial charge is 0.416 e. The summed E-state index contributed by atoms with van der Waals surface area (Å²) in [6.45, 7) is 2.13. The first-order valence-corrected chi connectivity index (χ1v) is 5.12. The molecule has 0 heterocycles. The van der Waals surface area contributed by atoms with Gasteiger partial charge < -0.3 is 10.0 Å². The van der Waals surface area contributed by atoms with Crippen LogP contribution in [-0.4, -0.2) is 24.8 Å². The number of aliphatic hydroxyl groups is 1. The van der Waals surface area contributed by atoms with Crippen molar-refractivity contribution in [2.24, 2.45) is 0 Å². The van der Waals surface area contributed by atoms with Crippen LogP contribution in [0, 0.1) is 5.82 Å². The van der Waals surface area contributed by atoms with Crippen molar-refractivity contribution >= 4 is 5.69 Å². The lowest BCUT2D eigenvalue weighted by Gasteiger charge is -2.23. The Hall–Kier alpha value is -1.30. The minimum Gasteiger partial charge on any atom is -0.395 e. The van der Waals surface area contributed by atoms with Crippen LogP contribution in [0.1, 0.15) is 12.5 Å². The Labute approximate surface area is 96.5 Å². The predicted octanol–water partition coefficient (Wildman–Crippen LogP) is 2.66. The number of aliphatic hydroxyl groups excluding tert-OH is 1. The zero-order valence-corrected chi connectivity index (χ0v) is 9.26. The fourth-order valence-electron chi connectivity index (χ4n) is 1.51. The fourth-order valence-corrected chi connectivity index (χ4v) is 1.51. The molecule has 1 rings (SSSR count). The molecule has 0 aromatic heterocycles. The number of anilines is 1. The van der Waals surface area contributed by atoms with Gasteiger partial charge in [0.2, 0.25) is 0 Å². The first-order chi connectivity index (χ1) is 7.90. The zero-order valence-electron chi connectivity index (χ0n) is 9.26. The second-order valence-corrected chi connectivity index (χ2v) is 3.47. The molecule has 0 unspecified atom stereocenters. The molecule has 0 amide bonds. The van der Waals surface area contributed by atoms with E-state index >= 15 is 0 Å². The molecule has 0 radical (unpaired) electrons. The Morgan fingerprint density at radius 3 is 2.35 bits per heavy atom. The maximum atomic E-state index is 13.5. The van der Waals surface area contributed by atoms with E-state index in [1.165, 1.54) is 4.90 Å². The predicted molar refractivity (Wildman–Crippen MR) is 56.4 cm³/mol. The van der Waals surface area contributed by atoms with E-state index in [0.29, 0.717) is 12.6 Å². The summed E-state index contributed by atoms with van der Waals surface area (Å²) in [5.74, 6) is -0.935. The van der Waals surface area contributed by atoms with Crippen molar-refractivity contribution in [3.8, 4) is 0 Å². The molecule has 0 aliphatic carbocycles. The maximum absolute atomic E-state index is 13.5. The van der Waals surface area contributed by atoms with E-state index in [4.69, 9.17) is 5.11 Å². The first-order valence-electron chi connectivity index (χ1n) is 5.12. The van der Waals surface area contributed by atoms with Gasteiger partial charge in [-0.25, -0.2) is 4.39 Å². The van der Waals surface area contributed by atoms with Crippen LogP contribution in [-0.2, 0) is 6.18 Å². The second kappa shape index (κ2) is 5.35. The van der Waals surface area contributed by atoms with Crippen LogP contribution in [0.3, 0.4) is 0 Å². The summed E-state index contributed by atoms with van der Waals surface area (Å²) in [7, 11) is 0. The van der Waals surface area contributed by atoms with E-state index in [1.807, 2.05) is 0 Å². The van der Waals surface area contributed by atoms with Crippen LogP contribution in [0.4, 0.5) is 23.2 Å². The molecule has 1 aromatic carbocycles. The number of hydrogen-bond donors (Lipinski definition) is 1. The molecule has 96 valence electrons. The number of rotatable bonds is 4. The highest BCUT2D eigenvalue weighted by Crippen LogP contribution is 2.32. The summed E-state index contributed by atoms with van der Waals surface area (Å²) < 4.78 is 50.4. The van der Waals surface area contributed by atoms with Gasteiger partial charge in [-0.05, 0) is 25.1 Å². The normalized spacial score (nSPS) is 11.6. The van der Waals surface area contributed by atoms with Crippen molar-refractivity contribution in [2.75, 3.05) is 24.6 Å². The summed E-state index contributed by atoms with van der Waals surface area (Å²) in [5.41, 5.74) is -0.951. The lowest BCUT2D eigenvalue weighted by atomic mass is 10.1. The van der Waals surface area contributed by atoms with E-state index < -0.39 is 17.6 Å². The number of hydrogen-bond acceptors (Lipinski definition) is 2. The van der Waals surface area contributed by atoms with Crippen LogP contribution in [0.15, 0.2) is 18.2 Å². The first kappa shape index (κ1) is 13.8. The van der Waals surface area contributed by atoms with E-state index in [1.54, 1.807) is 6.92 Å². The van der Waals surface area contributed by atoms with Gasteiger partial charge in [-0.2, -0.15) is 13.2 Å². The van der Waals surface area contributed by atoms with Gasteiger partial charge in [0.1, 0.15) is 5.82 Å². The molecular weight excluding hydrogens is 238 g/mol. The van der Waals surface area contributed by atoms with Gasteiger partial charge in [-0.15, -0.1) is 0 Å². The van der Waals surface area contributed by atoms with Crippen molar-refractivity contribution in [3.05, 3.63) is 29.6 Å². The molecule has 0 aliphatic heterocycles. The molecule has 0 fully saturated rings. The lowest BCUT2D eigenvalue weighted by molar-refractivity contribution is -0.137. The minimum absolute atomic E-state index is 0.0644. The average Bonchev–Trinajstić information content (AvgIpc) is 2.25. The molecule has 1 aromatic rings. The van der Waals surface area contributed by atoms with E-state index in [9.17, 15) is 17.6 Å². The molecule has 0 saturated heterocycles. The van der Waals surface area contributed by atoms with Gasteiger partial charge in [0.25, 0.3) is 0 Å². The highest BCUT2D eigenvalue weighted by Gasteiger charge is 2.31. The van der Waals surface area contributed by atoms with Gasteiger partial charge >= 0.3 is 6.18 Å². The van der Waals surface area contributed by atoms with Crippen molar-refractivity contribution < 1.29 is 22.7 Å². The number of benzene rings is 1. The molecule has 0 spiro atoms. The molecule has 6 heteroatoms. The van der Waals surface area contributed by atoms with Crippen molar-refractivity contribution in [3.63, 3.8) is 0 Å². The standard InChI is InChI=1S/C11H13F4NO/c1-2-16(5-6-17)10-4-3-8(7-9(10)12)11(13,14)15/h3-4,7,17H,2,5-6H2,1H3. The Balaban J connectivity index is 3.04. The molecule has 0 bridgehead atoms. The minimum atomic E-state index is -4.55. The highest BCUT2D eigenvalue weighted by molar-refractivity contribution is 5.49. The maximum Gasteiger partial charge on any atom is 0.416 e. The molecular formula is C11H13F4NO. The summed E-state index contributed by atoms with van der Waals surface area (Å²) in [4.78, 5) is 1.47. The van der Waals surface area contributed by atoms with Gasteiger partial charge in [0, 0.05) is 13.1 Å². The third-order valence-electron chi connectivity index (χ3n) is 2.37. The number of halogens is 4. The summed E-state index contributed by atoms with van der Waals surface area (Å²) in [5, 5.41) is 8.76. The summed E-state index contributed by atoms with van der Waals surface area (Å²) in [6.07, 6.45) is -4.55. The molecule has 0 aliphatic rings. The number of likely N-dealkylation sites (N-methyl/N-ethyl adjacent to an activating group) is 1. The molecule has 0 atom stereocenters. The van der Waals surface area contributed by atoms with Crippen molar-refractivity contribution in [2.45, 2.75) is 13.1 Å². The third kappa shape index (κ3) is 3.33. The molecule has 2 nitrogen and oxygen atoms in total. The Morgan fingerprint density at radius 2 is 1.94 bits per heavy atom. The van der Waals surface area contributed by atoms with Gasteiger partial charge in [0.15, 0.2) is 0 Å². The fraction of sp³-hybridized carbons (Fsp3) is 0.455. The van der Waals surface area contributed by atoms with Gasteiger partial charge in [0.05, 0.1) is 17.9 Å². The Bertz CT molecular complexity index is 378. The summed E-state index contributed by atoms with van der Waals surface area (Å²) >= 11 is 0. The van der Waals surface area contributed by atoms with E-state index in [0.717, 1.165) is 12.1 Å². The Kier molecular flexibility index (Phi) is 4.34. The molecule has 17 heavy (non-hydrogen) atoms. The van der Waals surface area contributed by atoms with Crippen molar-refractivity contribution in [1.29, 1.82) is 0 Å². The van der Waals surface area contributed by atoms with Gasteiger partial charge in [-0.3, -0.25) is 0 Å². The van der Waals surface area contributed by atoms with Crippen LogP contribution in [0.2, 0.25) is 0 Å². The monoisotopic (exact) mass is 251 g/mol. The lowest BCUT2D eigenvalue weighted by Crippen LogP contribution is -2.27. The molecule has 0 saturated carbocycles. The Morgan fingerprint density at radius 1 is 1.29 bits per heavy atom. The summed E-state index contributed by atoms with van der Waals surface area (Å²) in [6, 6.07) is 2.38. The quantitative estimate of drug-likeness (QED) is 0.831. The topological polar surface area (TPSA) is 23.5 Å². The van der Waals surface area contributed by atoms with Crippen LogP contribution < -0.4 is 4.90 Å². The molecule has 1 N–H and O–H groups in total. The average molecular weight is 251 g/mol. The zero-order chi connectivity index (χ0) is 13.1.